The minimum Gasteiger partial charge on any atom is -0.396 e. The van der Waals surface area contributed by atoms with Gasteiger partial charge in [-0.15, -0.1) is 0 Å². The van der Waals surface area contributed by atoms with Gasteiger partial charge in [-0.25, -0.2) is 8.42 Å². The van der Waals surface area contributed by atoms with Crippen molar-refractivity contribution in [1.82, 2.24) is 4.31 Å². The Morgan fingerprint density at radius 2 is 1.90 bits per heavy atom. The Kier molecular flexibility index (Phi) is 6.28. The van der Waals surface area contributed by atoms with E-state index >= 15 is 0 Å². The molecule has 0 spiro atoms. The molecule has 0 aliphatic carbocycles. The first-order chi connectivity index (χ1) is 9.27. The first kappa shape index (κ1) is 17.7. The molecular formula is C13H19Cl2NO3S. The summed E-state index contributed by atoms with van der Waals surface area (Å²) >= 11 is 12.2. The van der Waals surface area contributed by atoms with Crippen LogP contribution in [0.5, 0.6) is 0 Å². The van der Waals surface area contributed by atoms with Gasteiger partial charge in [0, 0.05) is 24.7 Å². The van der Waals surface area contributed by atoms with Crippen molar-refractivity contribution in [2.24, 2.45) is 0 Å². The Morgan fingerprint density at radius 1 is 1.30 bits per heavy atom. The maximum atomic E-state index is 12.7. The number of halogens is 2. The summed E-state index contributed by atoms with van der Waals surface area (Å²) in [4.78, 5) is 0.0592. The van der Waals surface area contributed by atoms with Gasteiger partial charge in [-0.3, -0.25) is 0 Å². The first-order valence-electron chi connectivity index (χ1n) is 6.33. The molecule has 1 aromatic carbocycles. The SMILES string of the molecule is CCN(CCCO)S(=O)(=O)c1c(C)c(Cl)cc(C)c1Cl. The second-order valence-electron chi connectivity index (χ2n) is 4.52. The Bertz CT molecular complexity index is 562. The number of hydrogen-bond acceptors (Lipinski definition) is 3. The van der Waals surface area contributed by atoms with Crippen molar-refractivity contribution >= 4 is 33.2 Å². The first-order valence-corrected chi connectivity index (χ1v) is 8.53. The van der Waals surface area contributed by atoms with Gasteiger partial charge in [0.1, 0.15) is 4.90 Å². The number of aliphatic hydroxyl groups is 1. The summed E-state index contributed by atoms with van der Waals surface area (Å²) in [6.07, 6.45) is 0.378. The number of aliphatic hydroxyl groups excluding tert-OH is 1. The Morgan fingerprint density at radius 3 is 2.40 bits per heavy atom. The second kappa shape index (κ2) is 7.09. The topological polar surface area (TPSA) is 57.6 Å². The van der Waals surface area contributed by atoms with Gasteiger partial charge in [0.25, 0.3) is 0 Å². The van der Waals surface area contributed by atoms with Crippen LogP contribution in [-0.2, 0) is 10.0 Å². The fourth-order valence-corrected chi connectivity index (χ4v) is 4.60. The van der Waals surface area contributed by atoms with Crippen LogP contribution in [0.2, 0.25) is 10.0 Å². The molecule has 1 rings (SSSR count). The third-order valence-corrected chi connectivity index (χ3v) is 6.24. The molecular weight excluding hydrogens is 321 g/mol. The normalized spacial score (nSPS) is 12.2. The van der Waals surface area contributed by atoms with Crippen LogP contribution in [0, 0.1) is 13.8 Å². The molecule has 0 amide bonds. The van der Waals surface area contributed by atoms with Crippen molar-refractivity contribution in [3.8, 4) is 0 Å². The van der Waals surface area contributed by atoms with Gasteiger partial charge in [0.05, 0.1) is 5.02 Å². The molecule has 1 N–H and O–H groups in total. The molecule has 0 unspecified atom stereocenters. The Balaban J connectivity index is 3.41. The number of nitrogens with zero attached hydrogens (tertiary/aromatic N) is 1. The standard InChI is InChI=1S/C13H19Cl2NO3S/c1-4-16(6-5-7-17)20(18,19)13-10(3)11(14)8-9(2)12(13)15/h8,17H,4-7H2,1-3H3. The van der Waals surface area contributed by atoms with E-state index in [-0.39, 0.29) is 23.1 Å². The van der Waals surface area contributed by atoms with Gasteiger partial charge in [-0.05, 0) is 37.5 Å². The van der Waals surface area contributed by atoms with Crippen LogP contribution in [0.4, 0.5) is 0 Å². The van der Waals surface area contributed by atoms with Gasteiger partial charge in [-0.2, -0.15) is 4.31 Å². The van der Waals surface area contributed by atoms with Crippen LogP contribution < -0.4 is 0 Å². The highest BCUT2D eigenvalue weighted by Crippen LogP contribution is 2.35. The minimum absolute atomic E-state index is 0.0592. The minimum atomic E-state index is -3.72. The lowest BCUT2D eigenvalue weighted by atomic mass is 10.2. The Labute approximate surface area is 130 Å². The number of benzene rings is 1. The lowest BCUT2D eigenvalue weighted by Gasteiger charge is -2.23. The van der Waals surface area contributed by atoms with Gasteiger partial charge < -0.3 is 5.11 Å². The third kappa shape index (κ3) is 3.46. The molecule has 0 bridgehead atoms. The van der Waals surface area contributed by atoms with Crippen molar-refractivity contribution in [3.63, 3.8) is 0 Å². The molecule has 114 valence electrons. The molecule has 0 saturated heterocycles. The molecule has 1 aromatic rings. The number of hydrogen-bond donors (Lipinski definition) is 1. The van der Waals surface area contributed by atoms with Gasteiger partial charge in [-0.1, -0.05) is 30.1 Å². The summed E-state index contributed by atoms with van der Waals surface area (Å²) in [7, 11) is -3.72. The predicted molar refractivity (Wildman–Crippen MR) is 82.1 cm³/mol. The average Bonchev–Trinajstić information content (AvgIpc) is 2.37. The molecule has 0 saturated carbocycles. The van der Waals surface area contributed by atoms with E-state index in [1.807, 2.05) is 0 Å². The van der Waals surface area contributed by atoms with Crippen molar-refractivity contribution in [2.75, 3.05) is 19.7 Å². The van der Waals surface area contributed by atoms with Crippen LogP contribution in [0.3, 0.4) is 0 Å². The van der Waals surface area contributed by atoms with Crippen molar-refractivity contribution < 1.29 is 13.5 Å². The molecule has 20 heavy (non-hydrogen) atoms. The van der Waals surface area contributed by atoms with Crippen LogP contribution in [-0.4, -0.2) is 37.5 Å². The van der Waals surface area contributed by atoms with Crippen molar-refractivity contribution in [2.45, 2.75) is 32.1 Å². The number of sulfonamides is 1. The smallest absolute Gasteiger partial charge is 0.244 e. The zero-order valence-corrected chi connectivity index (χ0v) is 14.1. The van der Waals surface area contributed by atoms with Crippen LogP contribution >= 0.6 is 23.2 Å². The molecule has 0 atom stereocenters. The van der Waals surface area contributed by atoms with E-state index in [4.69, 9.17) is 28.3 Å². The molecule has 0 aliphatic rings. The highest BCUT2D eigenvalue weighted by molar-refractivity contribution is 7.89. The van der Waals surface area contributed by atoms with E-state index in [0.29, 0.717) is 29.1 Å². The van der Waals surface area contributed by atoms with Crippen molar-refractivity contribution in [1.29, 1.82) is 0 Å². The summed E-state index contributed by atoms with van der Waals surface area (Å²) in [6, 6.07) is 1.66. The van der Waals surface area contributed by atoms with Gasteiger partial charge >= 0.3 is 0 Å². The zero-order chi connectivity index (χ0) is 15.5. The lowest BCUT2D eigenvalue weighted by Crippen LogP contribution is -2.33. The second-order valence-corrected chi connectivity index (χ2v) is 7.18. The number of rotatable bonds is 6. The lowest BCUT2D eigenvalue weighted by molar-refractivity contribution is 0.271. The summed E-state index contributed by atoms with van der Waals surface area (Å²) in [6.45, 7) is 5.60. The average molecular weight is 340 g/mol. The summed E-state index contributed by atoms with van der Waals surface area (Å²) in [5.74, 6) is 0. The fraction of sp³-hybridized carbons (Fsp3) is 0.538. The van der Waals surface area contributed by atoms with Crippen LogP contribution in [0.1, 0.15) is 24.5 Å². The molecule has 0 heterocycles. The molecule has 0 radical (unpaired) electrons. The molecule has 0 aromatic heterocycles. The Hall–Kier alpha value is -0.330. The van der Waals surface area contributed by atoms with Crippen LogP contribution in [0.15, 0.2) is 11.0 Å². The van der Waals surface area contributed by atoms with Gasteiger partial charge in [0.15, 0.2) is 0 Å². The van der Waals surface area contributed by atoms with E-state index in [1.54, 1.807) is 26.8 Å². The number of aryl methyl sites for hydroxylation is 1. The van der Waals surface area contributed by atoms with E-state index in [9.17, 15) is 8.42 Å². The highest BCUT2D eigenvalue weighted by atomic mass is 35.5. The maximum Gasteiger partial charge on any atom is 0.244 e. The van der Waals surface area contributed by atoms with Crippen molar-refractivity contribution in [3.05, 3.63) is 27.2 Å². The molecule has 0 fully saturated rings. The zero-order valence-electron chi connectivity index (χ0n) is 11.8. The quantitative estimate of drug-likeness (QED) is 0.866. The van der Waals surface area contributed by atoms with E-state index in [2.05, 4.69) is 0 Å². The van der Waals surface area contributed by atoms with Crippen LogP contribution in [0.25, 0.3) is 0 Å². The predicted octanol–water partition coefficient (Wildman–Crippen LogP) is 3.00. The molecule has 4 nitrogen and oxygen atoms in total. The fourth-order valence-electron chi connectivity index (χ4n) is 1.94. The van der Waals surface area contributed by atoms with E-state index in [1.165, 1.54) is 4.31 Å². The highest BCUT2D eigenvalue weighted by Gasteiger charge is 2.29. The summed E-state index contributed by atoms with van der Waals surface area (Å²) < 4.78 is 26.7. The summed E-state index contributed by atoms with van der Waals surface area (Å²) in [5.41, 5.74) is 1.07. The van der Waals surface area contributed by atoms with Gasteiger partial charge in [0.2, 0.25) is 10.0 Å². The maximum absolute atomic E-state index is 12.7. The van der Waals surface area contributed by atoms with E-state index in [0.717, 1.165) is 0 Å². The van der Waals surface area contributed by atoms with E-state index < -0.39 is 10.0 Å². The molecule has 0 aliphatic heterocycles. The third-order valence-electron chi connectivity index (χ3n) is 3.10. The largest absolute Gasteiger partial charge is 0.396 e. The summed E-state index contributed by atoms with van der Waals surface area (Å²) in [5, 5.41) is 9.46. The monoisotopic (exact) mass is 339 g/mol. The molecule has 7 heteroatoms.